The summed E-state index contributed by atoms with van der Waals surface area (Å²) in [7, 11) is 1.14. The number of para-hydroxylation sites is 2. The number of aromatic nitrogens is 3. The number of oxazole rings is 1. The van der Waals surface area contributed by atoms with E-state index in [9.17, 15) is 19.2 Å². The molecule has 4 aromatic rings. The number of nitrogens with zero attached hydrogens (tertiary/aromatic N) is 3. The second-order valence-electron chi connectivity index (χ2n) is 7.24. The third-order valence-corrected chi connectivity index (χ3v) is 5.87. The van der Waals surface area contributed by atoms with Crippen molar-refractivity contribution in [3.8, 4) is 0 Å². The number of hydrogen-bond donors (Lipinski definition) is 1. The van der Waals surface area contributed by atoms with E-state index in [1.165, 1.54) is 0 Å². The van der Waals surface area contributed by atoms with E-state index in [1.54, 1.807) is 42.5 Å². The minimum Gasteiger partial charge on any atom is -0.468 e. The monoisotopic (exact) mass is 480 g/mol. The van der Waals surface area contributed by atoms with Crippen LogP contribution in [0, 0.1) is 0 Å². The van der Waals surface area contributed by atoms with Crippen molar-refractivity contribution < 1.29 is 18.7 Å². The lowest BCUT2D eigenvalue weighted by Crippen LogP contribution is -2.45. The first-order valence-corrected chi connectivity index (χ1v) is 11.1. The molecule has 11 heteroatoms. The summed E-state index contributed by atoms with van der Waals surface area (Å²) in [5.41, 5.74) is 5.91. The van der Waals surface area contributed by atoms with E-state index in [1.807, 2.05) is 12.1 Å². The Bertz CT molecular complexity index is 1460. The summed E-state index contributed by atoms with van der Waals surface area (Å²) in [6, 6.07) is 16.0. The van der Waals surface area contributed by atoms with E-state index in [2.05, 4.69) is 9.72 Å². The van der Waals surface area contributed by atoms with E-state index < -0.39 is 29.5 Å². The smallest absolute Gasteiger partial charge is 0.333 e. The Labute approximate surface area is 197 Å². The Kier molecular flexibility index (Phi) is 6.64. The fourth-order valence-corrected chi connectivity index (χ4v) is 4.05. The van der Waals surface area contributed by atoms with Crippen molar-refractivity contribution in [1.82, 2.24) is 14.1 Å². The van der Waals surface area contributed by atoms with Gasteiger partial charge in [-0.25, -0.2) is 14.3 Å². The van der Waals surface area contributed by atoms with Gasteiger partial charge in [0, 0.05) is 0 Å². The van der Waals surface area contributed by atoms with Crippen LogP contribution in [0.5, 0.6) is 0 Å². The van der Waals surface area contributed by atoms with Crippen molar-refractivity contribution in [2.24, 2.45) is 0 Å². The van der Waals surface area contributed by atoms with Gasteiger partial charge in [0.2, 0.25) is 0 Å². The molecule has 2 aromatic carbocycles. The molecular weight excluding hydrogens is 460 g/mol. The molecule has 0 saturated heterocycles. The second-order valence-corrected chi connectivity index (χ2v) is 8.17. The molecule has 174 valence electrons. The topological polar surface area (TPSA) is 139 Å². The molecule has 0 bridgehead atoms. The second kappa shape index (κ2) is 9.79. The number of carbonyl (C=O) groups excluding carboxylic acids is 2. The van der Waals surface area contributed by atoms with Crippen LogP contribution in [0.1, 0.15) is 15.9 Å². The number of ether oxygens (including phenoxy) is 1. The summed E-state index contributed by atoms with van der Waals surface area (Å²) >= 11 is 0.995. The zero-order valence-corrected chi connectivity index (χ0v) is 18.9. The van der Waals surface area contributed by atoms with E-state index in [4.69, 9.17) is 10.2 Å². The van der Waals surface area contributed by atoms with Crippen LogP contribution in [-0.2, 0) is 22.6 Å². The van der Waals surface area contributed by atoms with Gasteiger partial charge in [-0.15, -0.1) is 0 Å². The lowest BCUT2D eigenvalue weighted by atomic mass is 10.2. The number of hydrogen-bond acceptors (Lipinski definition) is 9. The summed E-state index contributed by atoms with van der Waals surface area (Å²) in [6.07, 6.45) is 0. The fraction of sp³-hybridized carbons (Fsp3) is 0.174. The Morgan fingerprint density at radius 1 is 1.06 bits per heavy atom. The highest BCUT2D eigenvalue weighted by molar-refractivity contribution is 7.99. The van der Waals surface area contributed by atoms with Crippen LogP contribution < -0.4 is 17.0 Å². The molecule has 0 aliphatic carbocycles. The summed E-state index contributed by atoms with van der Waals surface area (Å²) < 4.78 is 11.9. The van der Waals surface area contributed by atoms with Gasteiger partial charge >= 0.3 is 11.7 Å². The third kappa shape index (κ3) is 4.64. The molecule has 0 radical (unpaired) electrons. The zero-order valence-electron chi connectivity index (χ0n) is 18.1. The van der Waals surface area contributed by atoms with E-state index in [0.717, 1.165) is 29.0 Å². The summed E-state index contributed by atoms with van der Waals surface area (Å²) in [4.78, 5) is 55.3. The van der Waals surface area contributed by atoms with Crippen molar-refractivity contribution in [3.63, 3.8) is 0 Å². The van der Waals surface area contributed by atoms with Crippen LogP contribution in [0.25, 0.3) is 11.1 Å². The van der Waals surface area contributed by atoms with Crippen molar-refractivity contribution in [3.05, 3.63) is 86.6 Å². The zero-order chi connectivity index (χ0) is 24.2. The van der Waals surface area contributed by atoms with Crippen LogP contribution >= 0.6 is 11.8 Å². The maximum absolute atomic E-state index is 13.1. The Hall–Kier alpha value is -4.12. The maximum atomic E-state index is 13.1. The highest BCUT2D eigenvalue weighted by Crippen LogP contribution is 2.24. The molecule has 2 N–H and O–H groups in total. The lowest BCUT2D eigenvalue weighted by Gasteiger charge is -2.16. The molecule has 2 heterocycles. The number of anilines is 1. The normalized spacial score (nSPS) is 11.0. The number of nitrogen functional groups attached to an aromatic ring is 1. The Balaban J connectivity index is 1.71. The van der Waals surface area contributed by atoms with Crippen molar-refractivity contribution >= 4 is 40.4 Å². The SMILES string of the molecule is COC(=O)Cn1c(=O)c(C(=O)CSc2nc3ccccc3o2)c(N)n(Cc2ccccc2)c1=O. The first-order chi connectivity index (χ1) is 16.4. The average Bonchev–Trinajstić information content (AvgIpc) is 3.27. The third-order valence-electron chi connectivity index (χ3n) is 5.05. The molecule has 10 nitrogen and oxygen atoms in total. The molecule has 0 aliphatic rings. The molecule has 4 rings (SSSR count). The predicted octanol–water partition coefficient (Wildman–Crippen LogP) is 1.93. The number of thioether (sulfide) groups is 1. The van der Waals surface area contributed by atoms with Gasteiger partial charge in [-0.3, -0.25) is 19.0 Å². The number of esters is 1. The molecular formula is C23H20N4O6S. The van der Waals surface area contributed by atoms with Gasteiger partial charge in [0.25, 0.3) is 10.8 Å². The number of nitrogens with two attached hydrogens (primary N) is 1. The van der Waals surface area contributed by atoms with E-state index in [0.29, 0.717) is 15.7 Å². The minimum atomic E-state index is -0.958. The Morgan fingerprint density at radius 3 is 2.47 bits per heavy atom. The fourth-order valence-electron chi connectivity index (χ4n) is 3.34. The van der Waals surface area contributed by atoms with Gasteiger partial charge in [0.15, 0.2) is 11.4 Å². The van der Waals surface area contributed by atoms with Gasteiger partial charge in [0.1, 0.15) is 23.4 Å². The summed E-state index contributed by atoms with van der Waals surface area (Å²) in [6.45, 7) is -0.646. The largest absolute Gasteiger partial charge is 0.468 e. The first-order valence-electron chi connectivity index (χ1n) is 10.1. The first kappa shape index (κ1) is 23.1. The molecule has 0 aliphatic heterocycles. The number of Topliss-reactive ketones (excluding diaryl/α,β-unsaturated/α-hetero) is 1. The van der Waals surface area contributed by atoms with Crippen molar-refractivity contribution in [2.45, 2.75) is 18.3 Å². The summed E-state index contributed by atoms with van der Waals surface area (Å²) in [5.74, 6) is -1.93. The van der Waals surface area contributed by atoms with Gasteiger partial charge in [-0.05, 0) is 17.7 Å². The number of carbonyl (C=O) groups is 2. The molecule has 0 saturated carbocycles. The minimum absolute atomic E-state index is 0.00547. The molecule has 2 aromatic heterocycles. The number of rotatable bonds is 8. The van der Waals surface area contributed by atoms with Gasteiger partial charge in [-0.2, -0.15) is 0 Å². The average molecular weight is 481 g/mol. The van der Waals surface area contributed by atoms with Gasteiger partial charge < -0.3 is 14.9 Å². The van der Waals surface area contributed by atoms with Crippen LogP contribution in [0.15, 0.2) is 73.8 Å². The van der Waals surface area contributed by atoms with E-state index >= 15 is 0 Å². The number of fused-ring (bicyclic) bond motifs is 1. The highest BCUT2D eigenvalue weighted by atomic mass is 32.2. The molecule has 0 fully saturated rings. The number of methoxy groups -OCH3 is 1. The van der Waals surface area contributed by atoms with Crippen LogP contribution in [0.4, 0.5) is 5.82 Å². The maximum Gasteiger partial charge on any atom is 0.333 e. The van der Waals surface area contributed by atoms with Gasteiger partial charge in [-0.1, -0.05) is 54.2 Å². The van der Waals surface area contributed by atoms with Crippen LogP contribution in [0.3, 0.4) is 0 Å². The van der Waals surface area contributed by atoms with Crippen molar-refractivity contribution in [2.75, 3.05) is 18.6 Å². The molecule has 0 spiro atoms. The van der Waals surface area contributed by atoms with Crippen molar-refractivity contribution in [1.29, 1.82) is 0 Å². The lowest BCUT2D eigenvalue weighted by molar-refractivity contribution is -0.141. The van der Waals surface area contributed by atoms with Gasteiger partial charge in [0.05, 0.1) is 19.4 Å². The highest BCUT2D eigenvalue weighted by Gasteiger charge is 2.24. The Morgan fingerprint density at radius 2 is 1.76 bits per heavy atom. The summed E-state index contributed by atoms with van der Waals surface area (Å²) in [5, 5.41) is 0.251. The number of benzene rings is 2. The van der Waals surface area contributed by atoms with Crippen LogP contribution in [-0.4, -0.2) is 38.7 Å². The number of ketones is 1. The van der Waals surface area contributed by atoms with Crippen LogP contribution in [0.2, 0.25) is 0 Å². The molecule has 0 amide bonds. The standard InChI is InChI=1S/C23H20N4O6S/c1-32-18(29)12-27-21(30)19(20(24)26(23(27)31)11-14-7-3-2-4-8-14)16(28)13-34-22-25-15-9-5-6-10-17(15)33-22/h2-10H,11-13,24H2,1H3. The molecule has 0 unspecified atom stereocenters. The quantitative estimate of drug-likeness (QED) is 0.228. The van der Waals surface area contributed by atoms with E-state index in [-0.39, 0.29) is 28.9 Å². The predicted molar refractivity (Wildman–Crippen MR) is 126 cm³/mol. The molecule has 34 heavy (non-hydrogen) atoms. The molecule has 0 atom stereocenters.